The normalized spacial score (nSPS) is 10.1. The van der Waals surface area contributed by atoms with Gasteiger partial charge in [0.05, 0.1) is 17.1 Å². The third kappa shape index (κ3) is 2.95. The Morgan fingerprint density at radius 1 is 1.56 bits per heavy atom. The van der Waals surface area contributed by atoms with E-state index in [1.807, 2.05) is 0 Å². The molecule has 0 amide bonds. The van der Waals surface area contributed by atoms with Crippen molar-refractivity contribution in [2.45, 2.75) is 6.92 Å². The largest absolute Gasteiger partial charge is 0.478 e. The van der Waals surface area contributed by atoms with E-state index < -0.39 is 10.9 Å². The average Bonchev–Trinajstić information content (AvgIpc) is 2.30. The van der Waals surface area contributed by atoms with Crippen LogP contribution < -0.4 is 5.32 Å². The molecule has 0 saturated carbocycles. The summed E-state index contributed by atoms with van der Waals surface area (Å²) in [4.78, 5) is 21.3. The van der Waals surface area contributed by atoms with Gasteiger partial charge in [0.2, 0.25) is 0 Å². The number of carbonyl (C=O) groups is 1. The first-order valence-electron chi connectivity index (χ1n) is 5.23. The van der Waals surface area contributed by atoms with Crippen molar-refractivity contribution in [3.63, 3.8) is 0 Å². The maximum atomic E-state index is 11.0. The molecule has 7 nitrogen and oxygen atoms in total. The van der Waals surface area contributed by atoms with E-state index in [0.29, 0.717) is 18.7 Å². The fourth-order valence-electron chi connectivity index (χ4n) is 1.58. The van der Waals surface area contributed by atoms with E-state index in [4.69, 9.17) is 9.84 Å². The van der Waals surface area contributed by atoms with Gasteiger partial charge in [-0.3, -0.25) is 10.1 Å². The van der Waals surface area contributed by atoms with Crippen LogP contribution in [0, 0.1) is 17.0 Å². The second-order valence-corrected chi connectivity index (χ2v) is 3.61. The summed E-state index contributed by atoms with van der Waals surface area (Å²) in [5.41, 5.74) is 0.457. The highest BCUT2D eigenvalue weighted by Crippen LogP contribution is 2.30. The molecule has 0 aliphatic carbocycles. The third-order valence-corrected chi connectivity index (χ3v) is 2.48. The maximum absolute atomic E-state index is 11.0. The molecule has 1 aromatic carbocycles. The molecular formula is C11H14N2O5. The van der Waals surface area contributed by atoms with Gasteiger partial charge in [-0.1, -0.05) is 0 Å². The lowest BCUT2D eigenvalue weighted by atomic mass is 10.1. The van der Waals surface area contributed by atoms with Crippen molar-refractivity contribution >= 4 is 17.3 Å². The highest BCUT2D eigenvalue weighted by molar-refractivity contribution is 5.92. The minimum atomic E-state index is -1.11. The van der Waals surface area contributed by atoms with E-state index in [0.717, 1.165) is 0 Å². The van der Waals surface area contributed by atoms with Crippen molar-refractivity contribution in [1.82, 2.24) is 0 Å². The molecule has 0 spiro atoms. The number of aromatic carboxylic acids is 1. The van der Waals surface area contributed by atoms with Gasteiger partial charge in [0.15, 0.2) is 0 Å². The van der Waals surface area contributed by atoms with Crippen LogP contribution in [0.5, 0.6) is 0 Å². The Kier molecular flexibility index (Phi) is 4.61. The van der Waals surface area contributed by atoms with Gasteiger partial charge >= 0.3 is 5.97 Å². The lowest BCUT2D eigenvalue weighted by Gasteiger charge is -2.11. The van der Waals surface area contributed by atoms with Crippen LogP contribution in [0.3, 0.4) is 0 Å². The van der Waals surface area contributed by atoms with Gasteiger partial charge in [0.1, 0.15) is 5.69 Å². The highest BCUT2D eigenvalue weighted by Gasteiger charge is 2.20. The number of nitrogens with zero attached hydrogens (tertiary/aromatic N) is 1. The number of benzene rings is 1. The summed E-state index contributed by atoms with van der Waals surface area (Å²) in [6.07, 6.45) is 0. The van der Waals surface area contributed by atoms with Crippen LogP contribution in [0.2, 0.25) is 0 Å². The molecule has 0 aromatic heterocycles. The molecule has 7 heteroatoms. The summed E-state index contributed by atoms with van der Waals surface area (Å²) < 4.78 is 4.83. The van der Waals surface area contributed by atoms with Gasteiger partial charge in [0, 0.05) is 19.7 Å². The zero-order valence-corrected chi connectivity index (χ0v) is 10.1. The van der Waals surface area contributed by atoms with Gasteiger partial charge < -0.3 is 15.2 Å². The summed E-state index contributed by atoms with van der Waals surface area (Å²) in [7, 11) is 1.51. The van der Waals surface area contributed by atoms with Crippen LogP contribution in [-0.2, 0) is 4.74 Å². The van der Waals surface area contributed by atoms with Crippen molar-refractivity contribution in [2.24, 2.45) is 0 Å². The quantitative estimate of drug-likeness (QED) is 0.454. The molecule has 1 aromatic rings. The van der Waals surface area contributed by atoms with Gasteiger partial charge in [-0.05, 0) is 18.6 Å². The van der Waals surface area contributed by atoms with E-state index in [2.05, 4.69) is 5.32 Å². The molecule has 98 valence electrons. The molecule has 18 heavy (non-hydrogen) atoms. The predicted octanol–water partition coefficient (Wildman–Crippen LogP) is 1.66. The minimum Gasteiger partial charge on any atom is -0.478 e. The zero-order valence-electron chi connectivity index (χ0n) is 10.1. The highest BCUT2D eigenvalue weighted by atomic mass is 16.6. The van der Waals surface area contributed by atoms with E-state index in [1.165, 1.54) is 26.2 Å². The van der Waals surface area contributed by atoms with Crippen molar-refractivity contribution in [3.05, 3.63) is 33.4 Å². The molecule has 1 rings (SSSR count). The van der Waals surface area contributed by atoms with E-state index >= 15 is 0 Å². The number of nitro groups is 1. The Balaban J connectivity index is 3.18. The maximum Gasteiger partial charge on any atom is 0.336 e. The Morgan fingerprint density at radius 2 is 2.22 bits per heavy atom. The first-order chi connectivity index (χ1) is 8.49. The second kappa shape index (κ2) is 5.97. The standard InChI is InChI=1S/C11H14N2O5/c1-7-8(11(14)15)3-4-9(13(16)17)10(7)12-5-6-18-2/h3-4,12H,5-6H2,1-2H3,(H,14,15). The zero-order chi connectivity index (χ0) is 13.7. The number of methoxy groups -OCH3 is 1. The van der Waals surface area contributed by atoms with Gasteiger partial charge in [-0.25, -0.2) is 4.79 Å². The topological polar surface area (TPSA) is 102 Å². The molecule has 0 saturated heterocycles. The average molecular weight is 254 g/mol. The summed E-state index contributed by atoms with van der Waals surface area (Å²) in [5, 5.41) is 22.7. The molecule has 0 radical (unpaired) electrons. The van der Waals surface area contributed by atoms with Crippen molar-refractivity contribution in [3.8, 4) is 0 Å². The molecule has 0 heterocycles. The predicted molar refractivity (Wildman–Crippen MR) is 65.2 cm³/mol. The Labute approximate surface area is 104 Å². The summed E-state index contributed by atoms with van der Waals surface area (Å²) in [5.74, 6) is -1.11. The van der Waals surface area contributed by atoms with Gasteiger partial charge in [0.25, 0.3) is 5.69 Å². The van der Waals surface area contributed by atoms with Crippen molar-refractivity contribution in [1.29, 1.82) is 0 Å². The first kappa shape index (κ1) is 13.9. The van der Waals surface area contributed by atoms with Gasteiger partial charge in [-0.2, -0.15) is 0 Å². The number of nitrogens with one attached hydrogen (secondary N) is 1. The molecule has 0 fully saturated rings. The third-order valence-electron chi connectivity index (χ3n) is 2.48. The summed E-state index contributed by atoms with van der Waals surface area (Å²) in [6, 6.07) is 2.42. The lowest BCUT2D eigenvalue weighted by Crippen LogP contribution is -2.12. The molecule has 0 aliphatic rings. The van der Waals surface area contributed by atoms with Crippen LogP contribution >= 0.6 is 0 Å². The van der Waals surface area contributed by atoms with Crippen LogP contribution in [-0.4, -0.2) is 36.3 Å². The summed E-state index contributed by atoms with van der Waals surface area (Å²) >= 11 is 0. The molecule has 2 N–H and O–H groups in total. The molecule has 0 atom stereocenters. The lowest BCUT2D eigenvalue weighted by molar-refractivity contribution is -0.384. The number of hydrogen-bond acceptors (Lipinski definition) is 5. The van der Waals surface area contributed by atoms with E-state index in [-0.39, 0.29) is 16.9 Å². The number of hydrogen-bond donors (Lipinski definition) is 2. The molecule has 0 aliphatic heterocycles. The number of carboxylic acid groups (broad SMARTS) is 1. The van der Waals surface area contributed by atoms with Crippen molar-refractivity contribution in [2.75, 3.05) is 25.6 Å². The van der Waals surface area contributed by atoms with Crippen LogP contribution in [0.25, 0.3) is 0 Å². The molecule has 0 unspecified atom stereocenters. The fraction of sp³-hybridized carbons (Fsp3) is 0.364. The molecule has 0 bridgehead atoms. The Bertz CT molecular complexity index is 473. The van der Waals surface area contributed by atoms with Crippen molar-refractivity contribution < 1.29 is 19.6 Å². The van der Waals surface area contributed by atoms with Gasteiger partial charge in [-0.15, -0.1) is 0 Å². The van der Waals surface area contributed by atoms with E-state index in [9.17, 15) is 14.9 Å². The van der Waals surface area contributed by atoms with Crippen LogP contribution in [0.15, 0.2) is 12.1 Å². The Morgan fingerprint density at radius 3 is 2.72 bits per heavy atom. The number of ether oxygens (including phenoxy) is 1. The monoisotopic (exact) mass is 254 g/mol. The number of carboxylic acids is 1. The summed E-state index contributed by atoms with van der Waals surface area (Å²) in [6.45, 7) is 2.26. The smallest absolute Gasteiger partial charge is 0.336 e. The number of anilines is 1. The molecular weight excluding hydrogens is 240 g/mol. The van der Waals surface area contributed by atoms with Crippen LogP contribution in [0.4, 0.5) is 11.4 Å². The SMILES string of the molecule is COCCNc1c([N+](=O)[O-])ccc(C(=O)O)c1C. The first-order valence-corrected chi connectivity index (χ1v) is 5.23. The minimum absolute atomic E-state index is 0.0421. The van der Waals surface area contributed by atoms with Crippen LogP contribution in [0.1, 0.15) is 15.9 Å². The van der Waals surface area contributed by atoms with E-state index in [1.54, 1.807) is 0 Å². The second-order valence-electron chi connectivity index (χ2n) is 3.61. The Hall–Kier alpha value is -2.15. The number of nitro benzene ring substituents is 1. The fourth-order valence-corrected chi connectivity index (χ4v) is 1.58. The number of rotatable bonds is 6.